The van der Waals surface area contributed by atoms with E-state index in [4.69, 9.17) is 9.47 Å². The van der Waals surface area contributed by atoms with Crippen molar-refractivity contribution in [1.29, 1.82) is 0 Å². The Kier molecular flexibility index (Phi) is 6.63. The maximum Gasteiger partial charge on any atom is 0.249 e. The van der Waals surface area contributed by atoms with Crippen LogP contribution in [0.15, 0.2) is 54.1 Å². The molecule has 2 aromatic carbocycles. The monoisotopic (exact) mass is 339 g/mol. The third kappa shape index (κ3) is 4.86. The molecule has 2 rings (SSSR count). The van der Waals surface area contributed by atoms with Crippen LogP contribution in [0.3, 0.4) is 0 Å². The van der Waals surface area contributed by atoms with Gasteiger partial charge >= 0.3 is 0 Å². The second kappa shape index (κ2) is 8.92. The van der Waals surface area contributed by atoms with Gasteiger partial charge in [0.25, 0.3) is 0 Å². The summed E-state index contributed by atoms with van der Waals surface area (Å²) in [6, 6.07) is 15.6. The largest absolute Gasteiger partial charge is 0.493 e. The molecule has 132 valence electrons. The predicted molar refractivity (Wildman–Crippen MR) is 101 cm³/mol. The number of carbonyl (C=O) groups excluding carboxylic acids is 1. The normalized spacial score (nSPS) is 11.1. The van der Waals surface area contributed by atoms with Crippen molar-refractivity contribution in [3.63, 3.8) is 0 Å². The van der Waals surface area contributed by atoms with E-state index in [0.717, 1.165) is 11.1 Å². The summed E-state index contributed by atoms with van der Waals surface area (Å²) >= 11 is 0. The molecule has 0 N–H and O–H groups in total. The molecule has 4 heteroatoms. The molecule has 0 unspecified atom stereocenters. The van der Waals surface area contributed by atoms with Gasteiger partial charge in [-0.25, -0.2) is 0 Å². The van der Waals surface area contributed by atoms with Gasteiger partial charge in [-0.2, -0.15) is 0 Å². The van der Waals surface area contributed by atoms with Crippen molar-refractivity contribution in [2.24, 2.45) is 0 Å². The Balaban J connectivity index is 2.18. The molecular weight excluding hydrogens is 314 g/mol. The van der Waals surface area contributed by atoms with Crippen molar-refractivity contribution in [3.8, 4) is 11.5 Å². The molecule has 0 saturated heterocycles. The molecule has 0 fully saturated rings. The molecule has 0 aliphatic rings. The van der Waals surface area contributed by atoms with Crippen LogP contribution in [0.25, 0.3) is 6.08 Å². The molecule has 1 amide bonds. The number of rotatable bonds is 7. The zero-order valence-corrected chi connectivity index (χ0v) is 15.3. The van der Waals surface area contributed by atoms with E-state index in [-0.39, 0.29) is 5.91 Å². The summed E-state index contributed by atoms with van der Waals surface area (Å²) in [6.45, 7) is 5.09. The molecule has 0 heterocycles. The predicted octanol–water partition coefficient (Wildman–Crippen LogP) is 4.16. The minimum Gasteiger partial charge on any atom is -0.493 e. The first-order chi connectivity index (χ1) is 12.1. The van der Waals surface area contributed by atoms with E-state index in [1.54, 1.807) is 14.2 Å². The van der Waals surface area contributed by atoms with Gasteiger partial charge < -0.3 is 14.4 Å². The molecule has 0 spiro atoms. The first-order valence-electron chi connectivity index (χ1n) is 8.32. The number of benzene rings is 2. The maximum absolute atomic E-state index is 12.8. The number of amides is 1. The molecule has 0 saturated carbocycles. The van der Waals surface area contributed by atoms with Crippen LogP contribution >= 0.6 is 0 Å². The van der Waals surface area contributed by atoms with Crippen molar-refractivity contribution < 1.29 is 14.3 Å². The van der Waals surface area contributed by atoms with Gasteiger partial charge in [-0.1, -0.05) is 36.4 Å². The first-order valence-corrected chi connectivity index (χ1v) is 8.32. The molecular formula is C21H25NO3. The quantitative estimate of drug-likeness (QED) is 0.711. The van der Waals surface area contributed by atoms with E-state index in [1.807, 2.05) is 73.4 Å². The lowest BCUT2D eigenvalue weighted by Crippen LogP contribution is -2.30. The van der Waals surface area contributed by atoms with E-state index in [0.29, 0.717) is 30.2 Å². The van der Waals surface area contributed by atoms with Crippen LogP contribution in [0.1, 0.15) is 25.0 Å². The highest BCUT2D eigenvalue weighted by atomic mass is 16.5. The summed E-state index contributed by atoms with van der Waals surface area (Å²) in [5, 5.41) is 0. The highest BCUT2D eigenvalue weighted by Crippen LogP contribution is 2.28. The molecule has 0 aromatic heterocycles. The van der Waals surface area contributed by atoms with Crippen LogP contribution in [0.2, 0.25) is 0 Å². The van der Waals surface area contributed by atoms with Gasteiger partial charge in [0.05, 0.1) is 14.2 Å². The van der Waals surface area contributed by atoms with Crippen molar-refractivity contribution >= 4 is 12.0 Å². The van der Waals surface area contributed by atoms with Crippen molar-refractivity contribution in [2.45, 2.75) is 20.4 Å². The molecule has 0 radical (unpaired) electrons. The van der Waals surface area contributed by atoms with Gasteiger partial charge in [-0.15, -0.1) is 0 Å². The number of carbonyl (C=O) groups is 1. The summed E-state index contributed by atoms with van der Waals surface area (Å²) in [5.41, 5.74) is 2.71. The summed E-state index contributed by atoms with van der Waals surface area (Å²) < 4.78 is 10.6. The molecule has 0 aliphatic carbocycles. The molecule has 2 aromatic rings. The Bertz CT molecular complexity index is 738. The first kappa shape index (κ1) is 18.6. The zero-order chi connectivity index (χ0) is 18.2. The Labute approximate surface area is 149 Å². The molecule has 25 heavy (non-hydrogen) atoms. The van der Waals surface area contributed by atoms with E-state index >= 15 is 0 Å². The van der Waals surface area contributed by atoms with E-state index < -0.39 is 0 Å². The van der Waals surface area contributed by atoms with Gasteiger partial charge in [0.1, 0.15) is 0 Å². The number of hydrogen-bond acceptors (Lipinski definition) is 3. The average molecular weight is 339 g/mol. The second-order valence-corrected chi connectivity index (χ2v) is 5.75. The number of hydrogen-bond donors (Lipinski definition) is 0. The van der Waals surface area contributed by atoms with Crippen LogP contribution in [0.5, 0.6) is 11.5 Å². The number of nitrogens with zero attached hydrogens (tertiary/aromatic N) is 1. The number of methoxy groups -OCH3 is 2. The minimum atomic E-state index is 0.0288. The summed E-state index contributed by atoms with van der Waals surface area (Å²) in [4.78, 5) is 14.6. The lowest BCUT2D eigenvalue weighted by Gasteiger charge is -2.21. The SMILES string of the molecule is CCN(Cc1ccccc1)C(=O)/C(C)=C/c1ccc(OC)c(OC)c1. The van der Waals surface area contributed by atoms with Crippen molar-refractivity contribution in [2.75, 3.05) is 20.8 Å². The zero-order valence-electron chi connectivity index (χ0n) is 15.3. The minimum absolute atomic E-state index is 0.0288. The average Bonchev–Trinajstić information content (AvgIpc) is 2.66. The Hall–Kier alpha value is -2.75. The second-order valence-electron chi connectivity index (χ2n) is 5.75. The topological polar surface area (TPSA) is 38.8 Å². The summed E-state index contributed by atoms with van der Waals surface area (Å²) in [6.07, 6.45) is 1.87. The maximum atomic E-state index is 12.8. The highest BCUT2D eigenvalue weighted by molar-refractivity contribution is 5.97. The van der Waals surface area contributed by atoms with Gasteiger partial charge in [0, 0.05) is 18.7 Å². The lowest BCUT2D eigenvalue weighted by atomic mass is 10.1. The van der Waals surface area contributed by atoms with Gasteiger partial charge in [0.2, 0.25) is 5.91 Å². The smallest absolute Gasteiger partial charge is 0.249 e. The molecule has 4 nitrogen and oxygen atoms in total. The Morgan fingerprint density at radius 3 is 2.32 bits per heavy atom. The van der Waals surface area contributed by atoms with E-state index in [1.165, 1.54) is 0 Å². The van der Waals surface area contributed by atoms with Crippen molar-refractivity contribution in [1.82, 2.24) is 4.90 Å². The standard InChI is InChI=1S/C21H25NO3/c1-5-22(15-17-9-7-6-8-10-17)21(23)16(2)13-18-11-12-19(24-3)20(14-18)25-4/h6-14H,5,15H2,1-4H3/b16-13+. The lowest BCUT2D eigenvalue weighted by molar-refractivity contribution is -0.127. The van der Waals surface area contributed by atoms with E-state index in [2.05, 4.69) is 0 Å². The van der Waals surface area contributed by atoms with Crippen LogP contribution in [-0.4, -0.2) is 31.6 Å². The summed E-state index contributed by atoms with van der Waals surface area (Å²) in [5.74, 6) is 1.34. The number of ether oxygens (including phenoxy) is 2. The third-order valence-corrected chi connectivity index (χ3v) is 4.01. The van der Waals surface area contributed by atoms with Crippen LogP contribution < -0.4 is 9.47 Å². The summed E-state index contributed by atoms with van der Waals surface area (Å²) in [7, 11) is 3.20. The van der Waals surface area contributed by atoms with Gasteiger partial charge in [-0.05, 0) is 43.2 Å². The Morgan fingerprint density at radius 2 is 1.72 bits per heavy atom. The van der Waals surface area contributed by atoms with E-state index in [9.17, 15) is 4.79 Å². The van der Waals surface area contributed by atoms with Gasteiger partial charge in [0.15, 0.2) is 11.5 Å². The number of likely N-dealkylation sites (N-methyl/N-ethyl adjacent to an activating group) is 1. The van der Waals surface area contributed by atoms with Crippen molar-refractivity contribution in [3.05, 3.63) is 65.2 Å². The molecule has 0 atom stereocenters. The van der Waals surface area contributed by atoms with Crippen LogP contribution in [0.4, 0.5) is 0 Å². The molecule has 0 bridgehead atoms. The Morgan fingerprint density at radius 1 is 1.04 bits per heavy atom. The van der Waals surface area contributed by atoms with Crippen LogP contribution in [-0.2, 0) is 11.3 Å². The molecule has 0 aliphatic heterocycles. The fourth-order valence-corrected chi connectivity index (χ4v) is 2.63. The fraction of sp³-hybridized carbons (Fsp3) is 0.286. The third-order valence-electron chi connectivity index (χ3n) is 4.01. The fourth-order valence-electron chi connectivity index (χ4n) is 2.63. The van der Waals surface area contributed by atoms with Crippen LogP contribution in [0, 0.1) is 0 Å². The van der Waals surface area contributed by atoms with Gasteiger partial charge in [-0.3, -0.25) is 4.79 Å². The highest BCUT2D eigenvalue weighted by Gasteiger charge is 2.14.